The number of nitrogens with zero attached hydrogens (tertiary/aromatic N) is 2. The molecule has 0 saturated carbocycles. The molecule has 0 aliphatic carbocycles. The Balaban J connectivity index is 1.93. The zero-order valence-corrected chi connectivity index (χ0v) is 9.89. The van der Waals surface area contributed by atoms with Gasteiger partial charge < -0.3 is 0 Å². The standard InChI is InChI=1S/C15H16N2/c1-2-9-17-10-13-12(14(17)5-1)7-6-11-4-3-8-16-15(11)13/h3-4,6-8,14H,1-2,5,9-10H2. The lowest BCUT2D eigenvalue weighted by atomic mass is 9.96. The van der Waals surface area contributed by atoms with Crippen molar-refractivity contribution in [3.8, 4) is 0 Å². The van der Waals surface area contributed by atoms with Crippen LogP contribution in [0.1, 0.15) is 36.4 Å². The first-order chi connectivity index (χ1) is 8.43. The third-order valence-corrected chi connectivity index (χ3v) is 4.25. The Labute approximate surface area is 101 Å². The number of rotatable bonds is 0. The Morgan fingerprint density at radius 1 is 1.18 bits per heavy atom. The predicted molar refractivity (Wildman–Crippen MR) is 68.7 cm³/mol. The van der Waals surface area contributed by atoms with Gasteiger partial charge in [0.2, 0.25) is 0 Å². The van der Waals surface area contributed by atoms with Crippen molar-refractivity contribution >= 4 is 10.9 Å². The van der Waals surface area contributed by atoms with Crippen LogP contribution in [0.3, 0.4) is 0 Å². The molecule has 1 saturated heterocycles. The second-order valence-corrected chi connectivity index (χ2v) is 5.19. The topological polar surface area (TPSA) is 16.1 Å². The summed E-state index contributed by atoms with van der Waals surface area (Å²) in [7, 11) is 0. The number of pyridine rings is 1. The Bertz CT molecular complexity index is 576. The molecule has 0 bridgehead atoms. The molecule has 0 amide bonds. The van der Waals surface area contributed by atoms with Crippen LogP contribution in [0.5, 0.6) is 0 Å². The summed E-state index contributed by atoms with van der Waals surface area (Å²) >= 11 is 0. The Hall–Kier alpha value is -1.41. The Morgan fingerprint density at radius 2 is 2.18 bits per heavy atom. The van der Waals surface area contributed by atoms with Crippen LogP contribution in [0.4, 0.5) is 0 Å². The summed E-state index contributed by atoms with van der Waals surface area (Å²) in [6, 6.07) is 9.43. The van der Waals surface area contributed by atoms with Crippen LogP contribution in [0.25, 0.3) is 10.9 Å². The summed E-state index contributed by atoms with van der Waals surface area (Å²) in [6.07, 6.45) is 5.97. The van der Waals surface area contributed by atoms with Crippen molar-refractivity contribution < 1.29 is 0 Å². The maximum absolute atomic E-state index is 4.58. The molecule has 2 heteroatoms. The molecule has 1 aromatic heterocycles. The highest BCUT2D eigenvalue weighted by Gasteiger charge is 2.32. The van der Waals surface area contributed by atoms with Crippen molar-refractivity contribution in [2.45, 2.75) is 31.8 Å². The molecule has 2 aliphatic rings. The fraction of sp³-hybridized carbons (Fsp3) is 0.400. The van der Waals surface area contributed by atoms with E-state index in [9.17, 15) is 0 Å². The third-order valence-electron chi connectivity index (χ3n) is 4.25. The summed E-state index contributed by atoms with van der Waals surface area (Å²) in [5.74, 6) is 0. The number of piperidine rings is 1. The van der Waals surface area contributed by atoms with Crippen LogP contribution < -0.4 is 0 Å². The second-order valence-electron chi connectivity index (χ2n) is 5.19. The molecule has 1 unspecified atom stereocenters. The van der Waals surface area contributed by atoms with Gasteiger partial charge in [-0.3, -0.25) is 9.88 Å². The SMILES string of the molecule is c1cnc2c3c(ccc2c1)C1CCCCN1C3. The van der Waals surface area contributed by atoms with E-state index in [4.69, 9.17) is 0 Å². The molecule has 17 heavy (non-hydrogen) atoms. The molecule has 3 heterocycles. The van der Waals surface area contributed by atoms with E-state index in [0.29, 0.717) is 6.04 Å². The van der Waals surface area contributed by atoms with Gasteiger partial charge in [0.15, 0.2) is 0 Å². The van der Waals surface area contributed by atoms with E-state index in [0.717, 1.165) is 6.54 Å². The number of hydrogen-bond acceptors (Lipinski definition) is 2. The first kappa shape index (κ1) is 9.60. The number of aromatic nitrogens is 1. The van der Waals surface area contributed by atoms with Crippen LogP contribution in [-0.4, -0.2) is 16.4 Å². The van der Waals surface area contributed by atoms with E-state index >= 15 is 0 Å². The molecule has 2 aromatic rings. The van der Waals surface area contributed by atoms with Crippen molar-refractivity contribution in [3.63, 3.8) is 0 Å². The molecule has 4 rings (SSSR count). The van der Waals surface area contributed by atoms with Crippen LogP contribution in [0.2, 0.25) is 0 Å². The smallest absolute Gasteiger partial charge is 0.0750 e. The van der Waals surface area contributed by atoms with E-state index in [1.54, 1.807) is 0 Å². The summed E-state index contributed by atoms with van der Waals surface area (Å²) in [5.41, 5.74) is 4.24. The summed E-state index contributed by atoms with van der Waals surface area (Å²) in [5, 5.41) is 1.28. The molecule has 1 fully saturated rings. The fourth-order valence-corrected chi connectivity index (χ4v) is 3.44. The van der Waals surface area contributed by atoms with Gasteiger partial charge in [-0.15, -0.1) is 0 Å². The van der Waals surface area contributed by atoms with Gasteiger partial charge in [0.05, 0.1) is 5.52 Å². The first-order valence-corrected chi connectivity index (χ1v) is 6.54. The minimum atomic E-state index is 0.671. The van der Waals surface area contributed by atoms with Crippen LogP contribution in [0.15, 0.2) is 30.5 Å². The van der Waals surface area contributed by atoms with E-state index in [2.05, 4.69) is 28.1 Å². The van der Waals surface area contributed by atoms with E-state index in [1.165, 1.54) is 47.8 Å². The minimum absolute atomic E-state index is 0.671. The maximum Gasteiger partial charge on any atom is 0.0750 e. The van der Waals surface area contributed by atoms with Gasteiger partial charge in [-0.2, -0.15) is 0 Å². The average Bonchev–Trinajstić information content (AvgIpc) is 2.78. The first-order valence-electron chi connectivity index (χ1n) is 6.54. The number of hydrogen-bond donors (Lipinski definition) is 0. The summed E-state index contributed by atoms with van der Waals surface area (Å²) < 4.78 is 0. The number of fused-ring (bicyclic) bond motifs is 5. The fourth-order valence-electron chi connectivity index (χ4n) is 3.44. The van der Waals surface area contributed by atoms with Crippen molar-refractivity contribution in [1.29, 1.82) is 0 Å². The van der Waals surface area contributed by atoms with Gasteiger partial charge in [-0.1, -0.05) is 24.6 Å². The largest absolute Gasteiger partial charge is 0.292 e. The lowest BCUT2D eigenvalue weighted by molar-refractivity contribution is 0.164. The van der Waals surface area contributed by atoms with E-state index < -0.39 is 0 Å². The molecule has 86 valence electrons. The van der Waals surface area contributed by atoms with E-state index in [-0.39, 0.29) is 0 Å². The summed E-state index contributed by atoms with van der Waals surface area (Å²) in [6.45, 7) is 2.36. The highest BCUT2D eigenvalue weighted by Crippen LogP contribution is 2.41. The van der Waals surface area contributed by atoms with Gasteiger partial charge in [0, 0.05) is 24.2 Å². The van der Waals surface area contributed by atoms with Crippen molar-refractivity contribution in [3.05, 3.63) is 41.6 Å². The zero-order chi connectivity index (χ0) is 11.2. The molecular weight excluding hydrogens is 208 g/mol. The van der Waals surface area contributed by atoms with Crippen molar-refractivity contribution in [2.24, 2.45) is 0 Å². The van der Waals surface area contributed by atoms with Crippen molar-refractivity contribution in [1.82, 2.24) is 9.88 Å². The van der Waals surface area contributed by atoms with Gasteiger partial charge in [0.25, 0.3) is 0 Å². The molecule has 1 aromatic carbocycles. The van der Waals surface area contributed by atoms with E-state index in [1.807, 2.05) is 12.3 Å². The number of benzene rings is 1. The summed E-state index contributed by atoms with van der Waals surface area (Å²) in [4.78, 5) is 7.21. The van der Waals surface area contributed by atoms with Gasteiger partial charge in [-0.05, 0) is 36.6 Å². The molecule has 2 aliphatic heterocycles. The highest BCUT2D eigenvalue weighted by molar-refractivity contribution is 5.83. The molecular formula is C15H16N2. The molecule has 1 atom stereocenters. The highest BCUT2D eigenvalue weighted by atomic mass is 15.2. The lowest BCUT2D eigenvalue weighted by Crippen LogP contribution is -2.27. The Kier molecular flexibility index (Phi) is 2.00. The van der Waals surface area contributed by atoms with Gasteiger partial charge in [0.1, 0.15) is 0 Å². The van der Waals surface area contributed by atoms with Crippen LogP contribution in [0, 0.1) is 0 Å². The molecule has 0 radical (unpaired) electrons. The van der Waals surface area contributed by atoms with Crippen LogP contribution in [-0.2, 0) is 6.54 Å². The third kappa shape index (κ3) is 1.34. The lowest BCUT2D eigenvalue weighted by Gasteiger charge is -2.29. The van der Waals surface area contributed by atoms with Gasteiger partial charge in [-0.25, -0.2) is 0 Å². The normalized spacial score (nSPS) is 23.6. The molecule has 2 nitrogen and oxygen atoms in total. The zero-order valence-electron chi connectivity index (χ0n) is 9.89. The molecule has 0 spiro atoms. The maximum atomic E-state index is 4.58. The average molecular weight is 224 g/mol. The minimum Gasteiger partial charge on any atom is -0.292 e. The van der Waals surface area contributed by atoms with Crippen molar-refractivity contribution in [2.75, 3.05) is 6.54 Å². The van der Waals surface area contributed by atoms with Gasteiger partial charge >= 0.3 is 0 Å². The monoisotopic (exact) mass is 224 g/mol. The predicted octanol–water partition coefficient (Wildman–Crippen LogP) is 3.28. The molecule has 0 N–H and O–H groups in total. The second kappa shape index (κ2) is 3.54. The van der Waals surface area contributed by atoms with Crippen LogP contribution >= 0.6 is 0 Å². The Morgan fingerprint density at radius 3 is 3.18 bits per heavy atom. The quantitative estimate of drug-likeness (QED) is 0.682.